The van der Waals surface area contributed by atoms with Crippen LogP contribution in [0, 0.1) is 23.2 Å². The van der Waals surface area contributed by atoms with Gasteiger partial charge in [-0.3, -0.25) is 0 Å². The number of hydrogen-bond acceptors (Lipinski definition) is 3. The van der Waals surface area contributed by atoms with Gasteiger partial charge in [0.1, 0.15) is 11.8 Å². The Hall–Kier alpha value is -2.60. The molecule has 0 aromatic heterocycles. The lowest BCUT2D eigenvalue weighted by Gasteiger charge is -2.29. The lowest BCUT2D eigenvalue weighted by Crippen LogP contribution is -2.14. The highest BCUT2D eigenvalue weighted by Crippen LogP contribution is 2.38. The summed E-state index contributed by atoms with van der Waals surface area (Å²) in [7, 11) is 0. The average molecular weight is 474 g/mol. The number of benzene rings is 2. The fourth-order valence-corrected chi connectivity index (χ4v) is 5.30. The van der Waals surface area contributed by atoms with Crippen LogP contribution in [-0.2, 0) is 6.42 Å². The zero-order chi connectivity index (χ0) is 25.0. The Bertz CT molecular complexity index is 964. The molecule has 0 N–H and O–H groups in total. The van der Waals surface area contributed by atoms with Crippen molar-refractivity contribution in [2.45, 2.75) is 104 Å². The number of unbranched alkanes of at least 4 members (excludes halogenated alkanes) is 4. The van der Waals surface area contributed by atoms with Crippen molar-refractivity contribution >= 4 is 5.97 Å². The summed E-state index contributed by atoms with van der Waals surface area (Å²) in [6.45, 7) is 6.64. The summed E-state index contributed by atoms with van der Waals surface area (Å²) < 4.78 is 5.61. The molecule has 3 heteroatoms. The monoisotopic (exact) mass is 473 g/mol. The molecule has 1 fully saturated rings. The van der Waals surface area contributed by atoms with Crippen LogP contribution in [0.1, 0.15) is 124 Å². The molecule has 0 bridgehead atoms. The van der Waals surface area contributed by atoms with E-state index >= 15 is 0 Å². The normalized spacial score (nSPS) is 18.6. The van der Waals surface area contributed by atoms with Gasteiger partial charge in [-0.15, -0.1) is 0 Å². The molecule has 0 saturated heterocycles. The lowest BCUT2D eigenvalue weighted by molar-refractivity contribution is 0.0734. The lowest BCUT2D eigenvalue weighted by atomic mass is 9.77. The summed E-state index contributed by atoms with van der Waals surface area (Å²) >= 11 is 0. The summed E-state index contributed by atoms with van der Waals surface area (Å²) in [4.78, 5) is 12.8. The van der Waals surface area contributed by atoms with Crippen molar-refractivity contribution in [3.63, 3.8) is 0 Å². The fourth-order valence-electron chi connectivity index (χ4n) is 5.30. The molecule has 1 atom stereocenters. The number of nitriles is 1. The first-order valence-electron chi connectivity index (χ1n) is 13.9. The van der Waals surface area contributed by atoms with Gasteiger partial charge in [-0.05, 0) is 85.3 Å². The third-order valence-corrected chi connectivity index (χ3v) is 7.83. The first-order chi connectivity index (χ1) is 17.0. The third kappa shape index (κ3) is 8.24. The van der Waals surface area contributed by atoms with Gasteiger partial charge in [0, 0.05) is 0 Å². The van der Waals surface area contributed by atoms with E-state index < -0.39 is 5.97 Å². The van der Waals surface area contributed by atoms with Crippen LogP contribution >= 0.6 is 0 Å². The van der Waals surface area contributed by atoms with Crippen molar-refractivity contribution in [3.8, 4) is 11.8 Å². The second kappa shape index (κ2) is 14.1. The molecule has 1 unspecified atom stereocenters. The molecule has 1 aliphatic carbocycles. The van der Waals surface area contributed by atoms with Crippen LogP contribution < -0.4 is 4.74 Å². The molecule has 0 aliphatic heterocycles. The van der Waals surface area contributed by atoms with Crippen LogP contribution in [0.2, 0.25) is 0 Å². The van der Waals surface area contributed by atoms with E-state index in [1.807, 2.05) is 24.3 Å². The first-order valence-corrected chi connectivity index (χ1v) is 13.9. The molecular formula is C32H43NO2. The predicted octanol–water partition coefficient (Wildman–Crippen LogP) is 9.00. The van der Waals surface area contributed by atoms with E-state index in [1.165, 1.54) is 69.8 Å². The summed E-state index contributed by atoms with van der Waals surface area (Å²) in [6, 6.07) is 15.7. The Labute approximate surface area is 212 Å². The van der Waals surface area contributed by atoms with E-state index in [1.54, 1.807) is 6.07 Å². The van der Waals surface area contributed by atoms with Crippen LogP contribution in [0.3, 0.4) is 0 Å². The predicted molar refractivity (Wildman–Crippen MR) is 144 cm³/mol. The minimum absolute atomic E-state index is 0.336. The topological polar surface area (TPSA) is 50.1 Å². The van der Waals surface area contributed by atoms with Gasteiger partial charge in [-0.1, -0.05) is 83.9 Å². The minimum Gasteiger partial charge on any atom is -0.422 e. The van der Waals surface area contributed by atoms with Gasteiger partial charge in [0.05, 0.1) is 11.1 Å². The Balaban J connectivity index is 1.51. The molecule has 0 spiro atoms. The summed E-state index contributed by atoms with van der Waals surface area (Å²) in [5, 5.41) is 9.56. The molecule has 2 aromatic carbocycles. The Morgan fingerprint density at radius 3 is 2.37 bits per heavy atom. The van der Waals surface area contributed by atoms with Gasteiger partial charge in [-0.2, -0.15) is 5.26 Å². The maximum atomic E-state index is 12.8. The van der Waals surface area contributed by atoms with Crippen molar-refractivity contribution in [2.24, 2.45) is 11.8 Å². The second-order valence-electron chi connectivity index (χ2n) is 10.6. The molecule has 3 rings (SSSR count). The van der Waals surface area contributed by atoms with Gasteiger partial charge in [0.15, 0.2) is 0 Å². The van der Waals surface area contributed by atoms with Crippen LogP contribution in [0.25, 0.3) is 0 Å². The Morgan fingerprint density at radius 1 is 1.00 bits per heavy atom. The van der Waals surface area contributed by atoms with E-state index in [-0.39, 0.29) is 0 Å². The van der Waals surface area contributed by atoms with E-state index in [9.17, 15) is 10.1 Å². The van der Waals surface area contributed by atoms with Gasteiger partial charge < -0.3 is 4.74 Å². The van der Waals surface area contributed by atoms with Crippen molar-refractivity contribution in [1.82, 2.24) is 0 Å². The molecule has 35 heavy (non-hydrogen) atoms. The second-order valence-corrected chi connectivity index (χ2v) is 10.6. The number of nitrogens with zero attached hydrogens (tertiary/aromatic N) is 1. The molecule has 0 amide bonds. The van der Waals surface area contributed by atoms with Crippen molar-refractivity contribution in [2.75, 3.05) is 0 Å². The van der Waals surface area contributed by atoms with E-state index in [2.05, 4.69) is 39.0 Å². The van der Waals surface area contributed by atoms with Crippen molar-refractivity contribution < 1.29 is 9.53 Å². The molecule has 3 nitrogen and oxygen atoms in total. The van der Waals surface area contributed by atoms with E-state index in [0.717, 1.165) is 24.3 Å². The first kappa shape index (κ1) is 27.0. The molecular weight excluding hydrogens is 430 g/mol. The zero-order valence-electron chi connectivity index (χ0n) is 22.0. The van der Waals surface area contributed by atoms with Gasteiger partial charge in [0.2, 0.25) is 0 Å². The van der Waals surface area contributed by atoms with E-state index in [0.29, 0.717) is 28.7 Å². The number of carbonyl (C=O) groups is 1. The maximum absolute atomic E-state index is 12.8. The van der Waals surface area contributed by atoms with Crippen LogP contribution in [-0.4, -0.2) is 5.97 Å². The molecule has 0 heterocycles. The summed E-state index contributed by atoms with van der Waals surface area (Å²) in [5.41, 5.74) is 3.38. The summed E-state index contributed by atoms with van der Waals surface area (Å²) in [6.07, 6.45) is 15.4. The highest BCUT2D eigenvalue weighted by Gasteiger charge is 2.22. The van der Waals surface area contributed by atoms with Crippen LogP contribution in [0.4, 0.5) is 0 Å². The molecule has 0 radical (unpaired) electrons. The highest BCUT2D eigenvalue weighted by molar-refractivity contribution is 5.91. The average Bonchev–Trinajstić information content (AvgIpc) is 2.89. The quantitative estimate of drug-likeness (QED) is 0.175. The minimum atomic E-state index is -0.408. The SMILES string of the molecule is CCCCCCCC1CCC(c2ccc(C(=O)Oc3ccc(CC(C)CC)cc3C#N)cc2)CC1. The number of esters is 1. The van der Waals surface area contributed by atoms with Gasteiger partial charge in [0.25, 0.3) is 0 Å². The maximum Gasteiger partial charge on any atom is 0.343 e. The molecule has 1 saturated carbocycles. The fraction of sp³-hybridized carbons (Fsp3) is 0.562. The largest absolute Gasteiger partial charge is 0.422 e. The van der Waals surface area contributed by atoms with Crippen LogP contribution in [0.15, 0.2) is 42.5 Å². The smallest absolute Gasteiger partial charge is 0.343 e. The number of hydrogen-bond donors (Lipinski definition) is 0. The van der Waals surface area contributed by atoms with Crippen molar-refractivity contribution in [1.29, 1.82) is 5.26 Å². The highest BCUT2D eigenvalue weighted by atomic mass is 16.5. The summed E-state index contributed by atoms with van der Waals surface area (Å²) in [5.74, 6) is 1.98. The zero-order valence-corrected chi connectivity index (χ0v) is 22.0. The molecule has 188 valence electrons. The van der Waals surface area contributed by atoms with Gasteiger partial charge >= 0.3 is 5.97 Å². The van der Waals surface area contributed by atoms with Gasteiger partial charge in [-0.25, -0.2) is 4.79 Å². The number of rotatable bonds is 12. The molecule has 2 aromatic rings. The Kier molecular flexibility index (Phi) is 10.9. The third-order valence-electron chi connectivity index (χ3n) is 7.83. The van der Waals surface area contributed by atoms with Crippen LogP contribution in [0.5, 0.6) is 5.75 Å². The Morgan fingerprint density at radius 2 is 1.71 bits per heavy atom. The number of ether oxygens (including phenoxy) is 1. The standard InChI is InChI=1S/C32H43NO2/c1-4-6-7-8-9-10-25-11-14-27(15-12-25)28-16-18-29(19-17-28)32(34)35-31-20-13-26(21-24(3)5-2)22-30(31)23-33/h13,16-20,22,24-25,27H,4-12,14-15,21H2,1-3H3. The molecule has 1 aliphatic rings. The van der Waals surface area contributed by atoms with Crippen molar-refractivity contribution in [3.05, 3.63) is 64.7 Å². The van der Waals surface area contributed by atoms with E-state index in [4.69, 9.17) is 4.74 Å². The number of carbonyl (C=O) groups excluding carboxylic acids is 1.